The molecule has 4 atom stereocenters. The average molecular weight is 623 g/mol. The highest BCUT2D eigenvalue weighted by Crippen LogP contribution is 2.20. The zero-order valence-electron chi connectivity index (χ0n) is 25.3. The van der Waals surface area contributed by atoms with Crippen LogP contribution in [0.2, 0.25) is 0 Å². The Morgan fingerprint density at radius 3 is 1.93 bits per heavy atom. The smallest absolute Gasteiger partial charge is 0.312 e. The van der Waals surface area contributed by atoms with Crippen molar-refractivity contribution in [2.24, 2.45) is 11.6 Å². The van der Waals surface area contributed by atoms with E-state index in [0.29, 0.717) is 19.4 Å². The lowest BCUT2D eigenvalue weighted by atomic mass is 10.0. The van der Waals surface area contributed by atoms with E-state index < -0.39 is 59.7 Å². The molecule has 3 unspecified atom stereocenters. The van der Waals surface area contributed by atoms with Gasteiger partial charge in [-0.3, -0.25) is 29.4 Å². The number of hydrogen-bond donors (Lipinski definition) is 7. The Morgan fingerprint density at radius 2 is 1.38 bits per heavy atom. The van der Waals surface area contributed by atoms with E-state index in [1.54, 1.807) is 0 Å². The van der Waals surface area contributed by atoms with Crippen LogP contribution in [0.15, 0.2) is 60.7 Å². The second-order valence-electron chi connectivity index (χ2n) is 10.9. The number of carbonyl (C=O) groups is 6. The van der Waals surface area contributed by atoms with Gasteiger partial charge in [-0.25, -0.2) is 10.6 Å². The van der Waals surface area contributed by atoms with Gasteiger partial charge in [0.05, 0.1) is 0 Å². The third-order valence-corrected chi connectivity index (χ3v) is 7.46. The van der Waals surface area contributed by atoms with E-state index in [9.17, 15) is 28.8 Å². The van der Waals surface area contributed by atoms with E-state index in [4.69, 9.17) is 11.6 Å². The fraction of sp³-hybridized carbons (Fsp3) is 0.419. The standard InChI is InChI=1S/C31H42N8O6/c1-20(40)35-24(18-21-10-4-2-5-11-21)28(42)36-23(14-8-16-34-31(32)45)27(41)37-25(19-22-12-6-3-7-13-22)30(44)39-17-9-15-26(39)29(43)38-33/h2-7,10-13,23-26H,8-9,14-19,33H2,1H3,(H,35,40)(H,36,42)(H,37,41)(H,38,43)(H3,32,34,45)/t23-,24?,25?,26?/m0/s1. The number of nitrogens with two attached hydrogens (primary N) is 2. The zero-order chi connectivity index (χ0) is 32.8. The van der Waals surface area contributed by atoms with Gasteiger partial charge >= 0.3 is 6.03 Å². The number of likely N-dealkylation sites (tertiary alicyclic amines) is 1. The van der Waals surface area contributed by atoms with Crippen LogP contribution in [0.1, 0.15) is 43.7 Å². The molecule has 0 aliphatic carbocycles. The van der Waals surface area contributed by atoms with Gasteiger partial charge in [-0.05, 0) is 36.8 Å². The van der Waals surface area contributed by atoms with Crippen molar-refractivity contribution in [1.29, 1.82) is 0 Å². The minimum absolute atomic E-state index is 0.0874. The molecule has 1 heterocycles. The molecule has 0 bridgehead atoms. The van der Waals surface area contributed by atoms with E-state index in [0.717, 1.165) is 11.1 Å². The van der Waals surface area contributed by atoms with Crippen LogP contribution in [0.3, 0.4) is 0 Å². The highest BCUT2D eigenvalue weighted by Gasteiger charge is 2.38. The maximum absolute atomic E-state index is 13.8. The Balaban J connectivity index is 1.84. The highest BCUT2D eigenvalue weighted by molar-refractivity contribution is 5.95. The van der Waals surface area contributed by atoms with Crippen molar-refractivity contribution < 1.29 is 28.8 Å². The Kier molecular flexibility index (Phi) is 13.3. The molecule has 14 nitrogen and oxygen atoms in total. The van der Waals surface area contributed by atoms with Gasteiger partial charge in [0.1, 0.15) is 24.2 Å². The summed E-state index contributed by atoms with van der Waals surface area (Å²) in [6.45, 7) is 1.75. The summed E-state index contributed by atoms with van der Waals surface area (Å²) >= 11 is 0. The summed E-state index contributed by atoms with van der Waals surface area (Å²) in [5.41, 5.74) is 8.84. The van der Waals surface area contributed by atoms with Crippen LogP contribution in [0.5, 0.6) is 0 Å². The van der Waals surface area contributed by atoms with Crippen molar-refractivity contribution in [3.63, 3.8) is 0 Å². The second kappa shape index (κ2) is 17.3. The number of carbonyl (C=O) groups excluding carboxylic acids is 6. The predicted molar refractivity (Wildman–Crippen MR) is 166 cm³/mol. The molecule has 9 N–H and O–H groups in total. The second-order valence-corrected chi connectivity index (χ2v) is 10.9. The molecule has 7 amide bonds. The van der Waals surface area contributed by atoms with E-state index >= 15 is 0 Å². The molecule has 1 aliphatic rings. The van der Waals surface area contributed by atoms with E-state index in [-0.39, 0.29) is 32.2 Å². The Labute approximate surface area is 262 Å². The minimum Gasteiger partial charge on any atom is -0.352 e. The third-order valence-electron chi connectivity index (χ3n) is 7.46. The molecule has 242 valence electrons. The van der Waals surface area contributed by atoms with E-state index in [1.807, 2.05) is 60.7 Å². The molecule has 1 aliphatic heterocycles. The Hall–Kier alpha value is -4.98. The van der Waals surface area contributed by atoms with Crippen molar-refractivity contribution in [3.05, 3.63) is 71.8 Å². The number of hydrogen-bond acceptors (Lipinski definition) is 7. The van der Waals surface area contributed by atoms with Gasteiger partial charge in [-0.1, -0.05) is 60.7 Å². The SMILES string of the molecule is CC(=O)NC(Cc1ccccc1)C(=O)N[C@@H](CCCNC(N)=O)C(=O)NC(Cc1ccccc1)C(=O)N1CCCC1C(=O)NN. The molecular formula is C31H42N8O6. The maximum atomic E-state index is 13.8. The first kappa shape index (κ1) is 34.5. The van der Waals surface area contributed by atoms with Gasteiger partial charge < -0.3 is 31.9 Å². The van der Waals surface area contributed by atoms with Crippen LogP contribution in [-0.4, -0.2) is 77.7 Å². The summed E-state index contributed by atoms with van der Waals surface area (Å²) in [5.74, 6) is 2.73. The van der Waals surface area contributed by atoms with Crippen molar-refractivity contribution in [3.8, 4) is 0 Å². The number of nitrogens with zero attached hydrogens (tertiary/aromatic N) is 1. The molecule has 1 saturated heterocycles. The first-order chi connectivity index (χ1) is 21.6. The number of rotatable bonds is 15. The third kappa shape index (κ3) is 10.9. The van der Waals surface area contributed by atoms with Gasteiger partial charge in [-0.2, -0.15) is 0 Å². The lowest BCUT2D eigenvalue weighted by molar-refractivity contribution is -0.142. The lowest BCUT2D eigenvalue weighted by Crippen LogP contribution is -2.59. The summed E-state index contributed by atoms with van der Waals surface area (Å²) in [5, 5.41) is 10.6. The molecule has 2 aromatic rings. The first-order valence-corrected chi connectivity index (χ1v) is 14.9. The van der Waals surface area contributed by atoms with Crippen LogP contribution < -0.4 is 38.3 Å². The number of benzene rings is 2. The molecule has 14 heteroatoms. The quantitative estimate of drug-likeness (QED) is 0.0590. The van der Waals surface area contributed by atoms with Crippen LogP contribution in [0.4, 0.5) is 4.79 Å². The van der Waals surface area contributed by atoms with Crippen LogP contribution in [-0.2, 0) is 36.8 Å². The fourth-order valence-corrected chi connectivity index (χ4v) is 5.28. The minimum atomic E-state index is -1.13. The number of hydrazine groups is 1. The molecule has 45 heavy (non-hydrogen) atoms. The fourth-order valence-electron chi connectivity index (χ4n) is 5.28. The molecule has 0 radical (unpaired) electrons. The summed E-state index contributed by atoms with van der Waals surface area (Å²) in [4.78, 5) is 78.1. The number of amides is 7. The molecule has 0 saturated carbocycles. The molecule has 0 aromatic heterocycles. The topological polar surface area (TPSA) is 218 Å². The number of primary amides is 1. The summed E-state index contributed by atoms with van der Waals surface area (Å²) < 4.78 is 0. The average Bonchev–Trinajstić information content (AvgIpc) is 3.52. The Morgan fingerprint density at radius 1 is 0.822 bits per heavy atom. The van der Waals surface area contributed by atoms with Gasteiger partial charge in [-0.15, -0.1) is 0 Å². The largest absolute Gasteiger partial charge is 0.352 e. The molecular weight excluding hydrogens is 580 g/mol. The van der Waals surface area contributed by atoms with Gasteiger partial charge in [0.25, 0.3) is 5.91 Å². The molecule has 2 aromatic carbocycles. The van der Waals surface area contributed by atoms with Crippen molar-refractivity contribution in [2.75, 3.05) is 13.1 Å². The zero-order valence-corrected chi connectivity index (χ0v) is 25.3. The van der Waals surface area contributed by atoms with Crippen LogP contribution in [0, 0.1) is 0 Å². The van der Waals surface area contributed by atoms with Crippen LogP contribution in [0.25, 0.3) is 0 Å². The van der Waals surface area contributed by atoms with E-state index in [2.05, 4.69) is 26.7 Å². The lowest BCUT2D eigenvalue weighted by Gasteiger charge is -2.30. The van der Waals surface area contributed by atoms with Crippen molar-refractivity contribution >= 4 is 35.6 Å². The van der Waals surface area contributed by atoms with Gasteiger partial charge in [0, 0.05) is 32.9 Å². The predicted octanol–water partition coefficient (Wildman–Crippen LogP) is -0.624. The summed E-state index contributed by atoms with van der Waals surface area (Å²) in [6, 6.07) is 13.5. The van der Waals surface area contributed by atoms with Gasteiger partial charge in [0.15, 0.2) is 0 Å². The highest BCUT2D eigenvalue weighted by atomic mass is 16.2. The van der Waals surface area contributed by atoms with Gasteiger partial charge in [0.2, 0.25) is 23.6 Å². The molecule has 3 rings (SSSR count). The van der Waals surface area contributed by atoms with Crippen molar-refractivity contribution in [1.82, 2.24) is 31.6 Å². The monoisotopic (exact) mass is 622 g/mol. The summed E-state index contributed by atoms with van der Waals surface area (Å²) in [7, 11) is 0. The first-order valence-electron chi connectivity index (χ1n) is 14.9. The van der Waals surface area contributed by atoms with Crippen molar-refractivity contribution in [2.45, 2.75) is 69.6 Å². The summed E-state index contributed by atoms with van der Waals surface area (Å²) in [6.07, 6.45) is 1.69. The van der Waals surface area contributed by atoms with E-state index in [1.165, 1.54) is 11.8 Å². The number of nitrogens with one attached hydrogen (secondary N) is 5. The maximum Gasteiger partial charge on any atom is 0.312 e. The molecule has 1 fully saturated rings. The molecule has 0 spiro atoms. The Bertz CT molecular complexity index is 1330. The number of urea groups is 1. The normalized spacial score (nSPS) is 16.0. The van der Waals surface area contributed by atoms with Crippen LogP contribution >= 0.6 is 0 Å².